The molecule has 1 aromatic rings. The smallest absolute Gasteiger partial charge is 0.0940 e. The third kappa shape index (κ3) is 4.82. The summed E-state index contributed by atoms with van der Waals surface area (Å²) in [5, 5.41) is 14.3. The minimum atomic E-state index is -0.422. The van der Waals surface area contributed by atoms with E-state index < -0.39 is 6.10 Å². The molecule has 2 heteroatoms. The molecule has 0 radical (unpaired) electrons. The molecule has 21 heavy (non-hydrogen) atoms. The molecule has 2 nitrogen and oxygen atoms in total. The minimum Gasteiger partial charge on any atom is -0.387 e. The predicted molar refractivity (Wildman–Crippen MR) is 89.6 cm³/mol. The molecule has 0 heterocycles. The summed E-state index contributed by atoms with van der Waals surface area (Å²) in [5.41, 5.74) is 3.57. The zero-order chi connectivity index (χ0) is 15.2. The van der Waals surface area contributed by atoms with Crippen LogP contribution >= 0.6 is 0 Å². The number of aryl methyl sites for hydroxylation is 2. The Labute approximate surface area is 130 Å². The van der Waals surface area contributed by atoms with Crippen LogP contribution in [0, 0.1) is 13.8 Å². The maximum absolute atomic E-state index is 10.6. The predicted octanol–water partition coefficient (Wildman–Crippen LogP) is 4.43. The van der Waals surface area contributed by atoms with Gasteiger partial charge in [0.25, 0.3) is 0 Å². The normalized spacial score (nSPS) is 20.6. The lowest BCUT2D eigenvalue weighted by atomic mass is 9.94. The molecule has 1 aromatic carbocycles. The van der Waals surface area contributed by atoms with Gasteiger partial charge in [-0.15, -0.1) is 0 Å². The molecular weight excluding hydrogens is 258 g/mol. The topological polar surface area (TPSA) is 32.3 Å². The first-order chi connectivity index (χ1) is 10.1. The van der Waals surface area contributed by atoms with Gasteiger partial charge in [-0.3, -0.25) is 0 Å². The number of nitrogens with one attached hydrogen (secondary N) is 1. The van der Waals surface area contributed by atoms with Crippen molar-refractivity contribution in [2.24, 2.45) is 0 Å². The van der Waals surface area contributed by atoms with Crippen molar-refractivity contribution in [3.63, 3.8) is 0 Å². The molecule has 1 saturated carbocycles. The van der Waals surface area contributed by atoms with E-state index in [-0.39, 0.29) is 6.04 Å². The van der Waals surface area contributed by atoms with Crippen molar-refractivity contribution in [1.82, 2.24) is 5.32 Å². The van der Waals surface area contributed by atoms with E-state index in [1.165, 1.54) is 56.1 Å². The zero-order valence-corrected chi connectivity index (χ0v) is 13.9. The monoisotopic (exact) mass is 289 g/mol. The SMILES string of the molecule is Cc1ccc(C(O)C(C)NC2CCCCCCC2)cc1C. The summed E-state index contributed by atoms with van der Waals surface area (Å²) in [6, 6.07) is 6.97. The first kappa shape index (κ1) is 16.5. The van der Waals surface area contributed by atoms with Crippen LogP contribution in [0.5, 0.6) is 0 Å². The molecule has 1 fully saturated rings. The molecule has 0 saturated heterocycles. The first-order valence-electron chi connectivity index (χ1n) is 8.59. The van der Waals surface area contributed by atoms with Crippen LogP contribution < -0.4 is 5.32 Å². The molecule has 2 rings (SSSR count). The van der Waals surface area contributed by atoms with E-state index in [0.717, 1.165) is 5.56 Å². The van der Waals surface area contributed by atoms with E-state index in [1.807, 2.05) is 0 Å². The Morgan fingerprint density at radius 2 is 1.62 bits per heavy atom. The lowest BCUT2D eigenvalue weighted by Gasteiger charge is -2.28. The first-order valence-corrected chi connectivity index (χ1v) is 8.59. The molecule has 0 aromatic heterocycles. The van der Waals surface area contributed by atoms with Gasteiger partial charge in [-0.2, -0.15) is 0 Å². The van der Waals surface area contributed by atoms with Crippen molar-refractivity contribution in [2.45, 2.75) is 83.9 Å². The number of aliphatic hydroxyl groups is 1. The van der Waals surface area contributed by atoms with Crippen LogP contribution in [-0.2, 0) is 0 Å². The summed E-state index contributed by atoms with van der Waals surface area (Å²) < 4.78 is 0. The van der Waals surface area contributed by atoms with Crippen LogP contribution in [0.25, 0.3) is 0 Å². The van der Waals surface area contributed by atoms with E-state index in [4.69, 9.17) is 0 Å². The van der Waals surface area contributed by atoms with Crippen molar-refractivity contribution in [2.75, 3.05) is 0 Å². The Morgan fingerprint density at radius 1 is 1.00 bits per heavy atom. The summed E-state index contributed by atoms with van der Waals surface area (Å²) >= 11 is 0. The van der Waals surface area contributed by atoms with Crippen molar-refractivity contribution in [3.05, 3.63) is 34.9 Å². The number of aliphatic hydroxyl groups excluding tert-OH is 1. The largest absolute Gasteiger partial charge is 0.387 e. The van der Waals surface area contributed by atoms with Crippen LogP contribution in [0.2, 0.25) is 0 Å². The Bertz CT molecular complexity index is 435. The fraction of sp³-hybridized carbons (Fsp3) is 0.684. The van der Waals surface area contributed by atoms with Crippen molar-refractivity contribution < 1.29 is 5.11 Å². The average Bonchev–Trinajstić information content (AvgIpc) is 2.43. The van der Waals surface area contributed by atoms with Crippen LogP contribution in [0.1, 0.15) is 74.7 Å². The summed E-state index contributed by atoms with van der Waals surface area (Å²) in [4.78, 5) is 0. The molecule has 0 bridgehead atoms. The molecule has 2 atom stereocenters. The fourth-order valence-electron chi connectivity index (χ4n) is 3.32. The molecule has 0 spiro atoms. The van der Waals surface area contributed by atoms with Gasteiger partial charge in [0.2, 0.25) is 0 Å². The highest BCUT2D eigenvalue weighted by Gasteiger charge is 2.20. The Kier molecular flexibility index (Phi) is 6.25. The molecule has 1 aliphatic rings. The third-order valence-electron chi connectivity index (χ3n) is 4.95. The fourth-order valence-corrected chi connectivity index (χ4v) is 3.32. The van der Waals surface area contributed by atoms with Crippen LogP contribution in [0.3, 0.4) is 0 Å². The van der Waals surface area contributed by atoms with Gasteiger partial charge in [-0.05, 0) is 50.3 Å². The zero-order valence-electron chi connectivity index (χ0n) is 13.9. The van der Waals surface area contributed by atoms with Crippen molar-refractivity contribution >= 4 is 0 Å². The van der Waals surface area contributed by atoms with Crippen LogP contribution in [0.15, 0.2) is 18.2 Å². The molecule has 0 aliphatic heterocycles. The molecule has 0 amide bonds. The summed E-state index contributed by atoms with van der Waals surface area (Å²) in [6.07, 6.45) is 8.86. The van der Waals surface area contributed by atoms with Crippen molar-refractivity contribution in [3.8, 4) is 0 Å². The number of hydrogen-bond donors (Lipinski definition) is 2. The maximum Gasteiger partial charge on any atom is 0.0940 e. The van der Waals surface area contributed by atoms with E-state index in [1.54, 1.807) is 0 Å². The second-order valence-corrected chi connectivity index (χ2v) is 6.79. The van der Waals surface area contributed by atoms with Gasteiger partial charge >= 0.3 is 0 Å². The minimum absolute atomic E-state index is 0.108. The Morgan fingerprint density at radius 3 is 2.24 bits per heavy atom. The second kappa shape index (κ2) is 7.95. The highest BCUT2D eigenvalue weighted by molar-refractivity contribution is 5.31. The van der Waals surface area contributed by atoms with E-state index in [0.29, 0.717) is 6.04 Å². The Hall–Kier alpha value is -0.860. The lowest BCUT2D eigenvalue weighted by Crippen LogP contribution is -2.40. The van der Waals surface area contributed by atoms with Crippen LogP contribution in [0.4, 0.5) is 0 Å². The average molecular weight is 289 g/mol. The summed E-state index contributed by atoms with van der Waals surface area (Å²) in [7, 11) is 0. The summed E-state index contributed by atoms with van der Waals surface area (Å²) in [5.74, 6) is 0. The number of benzene rings is 1. The van der Waals surface area contributed by atoms with Gasteiger partial charge in [0.15, 0.2) is 0 Å². The highest BCUT2D eigenvalue weighted by atomic mass is 16.3. The molecule has 118 valence electrons. The molecule has 1 aliphatic carbocycles. The third-order valence-corrected chi connectivity index (χ3v) is 4.95. The molecular formula is C19H31NO. The quantitative estimate of drug-likeness (QED) is 0.859. The van der Waals surface area contributed by atoms with E-state index in [9.17, 15) is 5.11 Å². The van der Waals surface area contributed by atoms with Gasteiger partial charge < -0.3 is 10.4 Å². The number of hydrogen-bond acceptors (Lipinski definition) is 2. The van der Waals surface area contributed by atoms with E-state index >= 15 is 0 Å². The van der Waals surface area contributed by atoms with Crippen molar-refractivity contribution in [1.29, 1.82) is 0 Å². The summed E-state index contributed by atoms with van der Waals surface area (Å²) in [6.45, 7) is 6.33. The van der Waals surface area contributed by atoms with Crippen LogP contribution in [-0.4, -0.2) is 17.2 Å². The van der Waals surface area contributed by atoms with Gasteiger partial charge in [0.1, 0.15) is 0 Å². The number of rotatable bonds is 4. The van der Waals surface area contributed by atoms with Gasteiger partial charge in [-0.1, -0.05) is 50.3 Å². The lowest BCUT2D eigenvalue weighted by molar-refractivity contribution is 0.126. The molecule has 2 unspecified atom stereocenters. The van der Waals surface area contributed by atoms with E-state index in [2.05, 4.69) is 44.3 Å². The van der Waals surface area contributed by atoms with Gasteiger partial charge in [-0.25, -0.2) is 0 Å². The highest BCUT2D eigenvalue weighted by Crippen LogP contribution is 2.22. The van der Waals surface area contributed by atoms with Gasteiger partial charge in [0.05, 0.1) is 6.10 Å². The Balaban J connectivity index is 1.94. The molecule has 2 N–H and O–H groups in total. The standard InChI is InChI=1S/C19H31NO/c1-14-11-12-17(13-15(14)2)19(21)16(3)20-18-9-7-5-4-6-8-10-18/h11-13,16,18-21H,4-10H2,1-3H3. The second-order valence-electron chi connectivity index (χ2n) is 6.79. The maximum atomic E-state index is 10.6. The van der Waals surface area contributed by atoms with Gasteiger partial charge in [0, 0.05) is 12.1 Å².